The molecule has 0 spiro atoms. The predicted octanol–water partition coefficient (Wildman–Crippen LogP) is 8.16. The third-order valence-electron chi connectivity index (χ3n) is 7.23. The molecule has 0 aliphatic heterocycles. The highest BCUT2D eigenvalue weighted by atomic mass is 19.1. The number of hydrogen-bond donors (Lipinski definition) is 1. The topological polar surface area (TPSA) is 66.8 Å². The van der Waals surface area contributed by atoms with E-state index in [1.807, 2.05) is 49.2 Å². The lowest BCUT2D eigenvalue weighted by Gasteiger charge is -2.29. The van der Waals surface area contributed by atoms with E-state index in [1.165, 1.54) is 18.8 Å². The van der Waals surface area contributed by atoms with Crippen LogP contribution >= 0.6 is 0 Å². The number of allylic oxidation sites excluding steroid dienone is 6. The van der Waals surface area contributed by atoms with Gasteiger partial charge in [-0.1, -0.05) is 56.2 Å². The summed E-state index contributed by atoms with van der Waals surface area (Å²) < 4.78 is 30.9. The lowest BCUT2D eigenvalue weighted by molar-refractivity contribution is 0.408. The van der Waals surface area contributed by atoms with Crippen LogP contribution in [0.1, 0.15) is 88.2 Å². The second-order valence-electron chi connectivity index (χ2n) is 10.4. The van der Waals surface area contributed by atoms with E-state index in [0.717, 1.165) is 42.5 Å². The Morgan fingerprint density at radius 1 is 1.15 bits per heavy atom. The normalized spacial score (nSPS) is 14.4. The van der Waals surface area contributed by atoms with Crippen LogP contribution in [-0.4, -0.2) is 26.5 Å². The molecule has 1 aliphatic rings. The zero-order valence-electron chi connectivity index (χ0n) is 24.5. The molecule has 0 bridgehead atoms. The first-order valence-corrected chi connectivity index (χ1v) is 14.5. The molecule has 0 radical (unpaired) electrons. The first-order valence-electron chi connectivity index (χ1n) is 14.5. The Morgan fingerprint density at radius 3 is 2.66 bits per heavy atom. The van der Waals surface area contributed by atoms with Crippen LogP contribution in [0.2, 0.25) is 0 Å². The summed E-state index contributed by atoms with van der Waals surface area (Å²) in [5.74, 6) is -0.181. The summed E-state index contributed by atoms with van der Waals surface area (Å²) in [5.41, 5.74) is 4.81. The summed E-state index contributed by atoms with van der Waals surface area (Å²) >= 11 is 0. The van der Waals surface area contributed by atoms with Crippen molar-refractivity contribution >= 4 is 17.2 Å². The number of aromatic nitrogens is 4. The van der Waals surface area contributed by atoms with Crippen molar-refractivity contribution in [2.45, 2.75) is 78.8 Å². The van der Waals surface area contributed by atoms with E-state index in [-0.39, 0.29) is 23.9 Å². The number of rotatable bonds is 13. The molecule has 3 aromatic rings. The van der Waals surface area contributed by atoms with Gasteiger partial charge in [-0.15, -0.1) is 0 Å². The SMILES string of the molecule is C\C=C/C(=C\C(C)=C\CC)c1ncc(CNc2ncnc(N(CCC)Cc3cccnc3C3CCC3)c2F)cc1F. The molecule has 216 valence electrons. The van der Waals surface area contributed by atoms with Gasteiger partial charge in [0.05, 0.1) is 0 Å². The summed E-state index contributed by atoms with van der Waals surface area (Å²) in [4.78, 5) is 19.4. The third kappa shape index (κ3) is 7.63. The maximum absolute atomic E-state index is 15.8. The maximum atomic E-state index is 15.8. The van der Waals surface area contributed by atoms with Gasteiger partial charge in [-0.2, -0.15) is 4.39 Å². The van der Waals surface area contributed by atoms with Gasteiger partial charge < -0.3 is 10.2 Å². The van der Waals surface area contributed by atoms with Crippen molar-refractivity contribution < 1.29 is 8.78 Å². The van der Waals surface area contributed by atoms with Gasteiger partial charge in [0.1, 0.15) is 17.8 Å². The molecule has 4 rings (SSSR count). The summed E-state index contributed by atoms with van der Waals surface area (Å²) in [6.45, 7) is 9.32. The zero-order chi connectivity index (χ0) is 29.2. The molecule has 0 aromatic carbocycles. The standard InChI is InChI=1S/C33H40F2N6/c1-5-10-23(4)17-26(11-6-2)31-28(34)18-24(19-37-31)20-38-32-29(35)33(40-22-39-32)41(16-7-3)21-27-14-9-15-36-30(27)25-12-8-13-25/h6,9-11,14-15,17-19,22,25H,5,7-8,12-13,16,20-21H2,1-4H3,(H,38,39,40)/b11-6-,23-10+,26-17+. The fourth-order valence-corrected chi connectivity index (χ4v) is 5.05. The molecular formula is C33H40F2N6. The predicted molar refractivity (Wildman–Crippen MR) is 163 cm³/mol. The molecule has 0 saturated heterocycles. The monoisotopic (exact) mass is 558 g/mol. The first kappa shape index (κ1) is 30.0. The van der Waals surface area contributed by atoms with Crippen LogP contribution in [0.15, 0.2) is 66.8 Å². The van der Waals surface area contributed by atoms with E-state index in [1.54, 1.807) is 6.20 Å². The van der Waals surface area contributed by atoms with Gasteiger partial charge in [0.2, 0.25) is 5.82 Å². The highest BCUT2D eigenvalue weighted by Gasteiger charge is 2.25. The summed E-state index contributed by atoms with van der Waals surface area (Å²) in [6.07, 6.45) is 17.8. The van der Waals surface area contributed by atoms with Gasteiger partial charge in [0, 0.05) is 49.2 Å². The Kier molecular flexibility index (Phi) is 10.7. The molecule has 3 heterocycles. The minimum Gasteiger partial charge on any atom is -0.363 e. The number of hydrogen-bond acceptors (Lipinski definition) is 6. The van der Waals surface area contributed by atoms with Crippen LogP contribution < -0.4 is 10.2 Å². The highest BCUT2D eigenvalue weighted by Crippen LogP contribution is 2.37. The summed E-state index contributed by atoms with van der Waals surface area (Å²) in [7, 11) is 0. The second kappa shape index (κ2) is 14.6. The molecule has 6 nitrogen and oxygen atoms in total. The smallest absolute Gasteiger partial charge is 0.207 e. The van der Waals surface area contributed by atoms with Crippen molar-refractivity contribution in [2.75, 3.05) is 16.8 Å². The van der Waals surface area contributed by atoms with Crippen molar-refractivity contribution in [3.63, 3.8) is 0 Å². The van der Waals surface area contributed by atoms with Gasteiger partial charge in [0.25, 0.3) is 0 Å². The second-order valence-corrected chi connectivity index (χ2v) is 10.4. The average molecular weight is 559 g/mol. The Morgan fingerprint density at radius 2 is 1.98 bits per heavy atom. The Balaban J connectivity index is 1.52. The van der Waals surface area contributed by atoms with Gasteiger partial charge >= 0.3 is 0 Å². The molecule has 1 fully saturated rings. The molecule has 3 aromatic heterocycles. The van der Waals surface area contributed by atoms with Crippen LogP contribution in [-0.2, 0) is 13.1 Å². The third-order valence-corrected chi connectivity index (χ3v) is 7.23. The summed E-state index contributed by atoms with van der Waals surface area (Å²) in [5, 5.41) is 3.02. The molecule has 8 heteroatoms. The molecule has 41 heavy (non-hydrogen) atoms. The van der Waals surface area contributed by atoms with Crippen LogP contribution in [0, 0.1) is 11.6 Å². The van der Waals surface area contributed by atoms with E-state index >= 15 is 8.78 Å². The minimum atomic E-state index is -0.531. The van der Waals surface area contributed by atoms with Gasteiger partial charge in [0.15, 0.2) is 11.6 Å². The Hall–Kier alpha value is -3.94. The van der Waals surface area contributed by atoms with E-state index in [4.69, 9.17) is 0 Å². The Bertz CT molecular complexity index is 1410. The van der Waals surface area contributed by atoms with Crippen molar-refractivity contribution in [3.05, 3.63) is 101 Å². The molecule has 1 N–H and O–H groups in total. The van der Waals surface area contributed by atoms with Crippen molar-refractivity contribution in [2.24, 2.45) is 0 Å². The maximum Gasteiger partial charge on any atom is 0.207 e. The van der Waals surface area contributed by atoms with Crippen LogP contribution in [0.3, 0.4) is 0 Å². The van der Waals surface area contributed by atoms with Gasteiger partial charge in [-0.25, -0.2) is 14.4 Å². The van der Waals surface area contributed by atoms with E-state index in [9.17, 15) is 0 Å². The van der Waals surface area contributed by atoms with Gasteiger partial charge in [-0.05, 0) is 62.8 Å². The largest absolute Gasteiger partial charge is 0.363 e. The first-order chi connectivity index (χ1) is 19.9. The zero-order valence-corrected chi connectivity index (χ0v) is 24.5. The fraction of sp³-hybridized carbons (Fsp3) is 0.394. The number of pyridine rings is 2. The molecule has 1 saturated carbocycles. The molecular weight excluding hydrogens is 518 g/mol. The average Bonchev–Trinajstić information content (AvgIpc) is 2.92. The molecule has 1 aliphatic carbocycles. The lowest BCUT2D eigenvalue weighted by Crippen LogP contribution is -2.27. The van der Waals surface area contributed by atoms with Crippen LogP contribution in [0.4, 0.5) is 20.4 Å². The van der Waals surface area contributed by atoms with Crippen LogP contribution in [0.5, 0.6) is 0 Å². The molecule has 0 amide bonds. The van der Waals surface area contributed by atoms with Crippen molar-refractivity contribution in [1.29, 1.82) is 0 Å². The molecule has 0 atom stereocenters. The quantitative estimate of drug-likeness (QED) is 0.214. The number of anilines is 2. The molecule has 0 unspecified atom stereocenters. The number of halogens is 2. The van der Waals surface area contributed by atoms with E-state index in [0.29, 0.717) is 30.1 Å². The highest BCUT2D eigenvalue weighted by molar-refractivity contribution is 5.74. The van der Waals surface area contributed by atoms with Crippen molar-refractivity contribution in [3.8, 4) is 0 Å². The van der Waals surface area contributed by atoms with Gasteiger partial charge in [-0.3, -0.25) is 9.97 Å². The van der Waals surface area contributed by atoms with E-state index < -0.39 is 11.6 Å². The summed E-state index contributed by atoms with van der Waals surface area (Å²) in [6, 6.07) is 5.44. The number of nitrogens with one attached hydrogen (secondary N) is 1. The Labute approximate surface area is 242 Å². The fourth-order valence-electron chi connectivity index (χ4n) is 5.05. The van der Waals surface area contributed by atoms with E-state index in [2.05, 4.69) is 51.2 Å². The lowest BCUT2D eigenvalue weighted by atomic mass is 9.81. The van der Waals surface area contributed by atoms with Crippen molar-refractivity contribution in [1.82, 2.24) is 19.9 Å². The van der Waals surface area contributed by atoms with Crippen LogP contribution in [0.25, 0.3) is 5.57 Å². The number of nitrogens with zero attached hydrogens (tertiary/aromatic N) is 5. The minimum absolute atomic E-state index is 0.0702.